The summed E-state index contributed by atoms with van der Waals surface area (Å²) in [5, 5.41) is 8.92. The highest BCUT2D eigenvalue weighted by Gasteiger charge is 2.25. The van der Waals surface area contributed by atoms with Crippen LogP contribution in [0.5, 0.6) is 0 Å². The fraction of sp³-hybridized carbons (Fsp3) is 0.278. The van der Waals surface area contributed by atoms with Gasteiger partial charge in [-0.1, -0.05) is 30.3 Å². The average molecular weight is 262 g/mol. The Labute approximate surface area is 120 Å². The van der Waals surface area contributed by atoms with Crippen molar-refractivity contribution < 1.29 is 0 Å². The van der Waals surface area contributed by atoms with Crippen LogP contribution in [0.4, 0.5) is 0 Å². The van der Waals surface area contributed by atoms with E-state index in [0.29, 0.717) is 5.92 Å². The highest BCUT2D eigenvalue weighted by Crippen LogP contribution is 2.34. The molecule has 0 amide bonds. The number of nitriles is 1. The summed E-state index contributed by atoms with van der Waals surface area (Å²) in [6.07, 6.45) is 0. The fourth-order valence-corrected chi connectivity index (χ4v) is 3.09. The predicted octanol–water partition coefficient (Wildman–Crippen LogP) is 3.44. The van der Waals surface area contributed by atoms with Gasteiger partial charge >= 0.3 is 0 Å². The molecule has 3 rings (SSSR count). The molecule has 0 radical (unpaired) electrons. The first-order valence-electron chi connectivity index (χ1n) is 6.96. The Morgan fingerprint density at radius 2 is 1.90 bits per heavy atom. The second-order valence-corrected chi connectivity index (χ2v) is 5.63. The third-order valence-electron chi connectivity index (χ3n) is 4.19. The third-order valence-corrected chi connectivity index (χ3v) is 4.19. The molecular weight excluding hydrogens is 244 g/mol. The molecule has 2 aromatic rings. The van der Waals surface area contributed by atoms with Gasteiger partial charge in [0.2, 0.25) is 0 Å². The fourth-order valence-electron chi connectivity index (χ4n) is 3.09. The van der Waals surface area contributed by atoms with Crippen LogP contribution < -0.4 is 0 Å². The average Bonchev–Trinajstić information content (AvgIpc) is 2.48. The van der Waals surface area contributed by atoms with Crippen LogP contribution in [0.25, 0.3) is 0 Å². The third kappa shape index (κ3) is 2.21. The van der Waals surface area contributed by atoms with Crippen molar-refractivity contribution in [3.63, 3.8) is 0 Å². The second kappa shape index (κ2) is 5.11. The number of aryl methyl sites for hydroxylation is 1. The quantitative estimate of drug-likeness (QED) is 0.787. The van der Waals surface area contributed by atoms with E-state index in [0.717, 1.165) is 18.7 Å². The zero-order chi connectivity index (χ0) is 14.1. The molecular formula is C18H18N2. The number of nitrogens with zero attached hydrogens (tertiary/aromatic N) is 2. The standard InChI is InChI=1S/C18H18N2/c1-13-4-3-5-16-17(13)11-20(2)12-18(16)15-8-6-14(10-19)7-9-15/h3-9,18H,11-12H2,1-2H3. The summed E-state index contributed by atoms with van der Waals surface area (Å²) in [5.74, 6) is 0.399. The Morgan fingerprint density at radius 3 is 2.60 bits per heavy atom. The minimum absolute atomic E-state index is 0.399. The van der Waals surface area contributed by atoms with Crippen LogP contribution in [0.1, 0.15) is 33.7 Å². The Balaban J connectivity index is 2.06. The number of likely N-dealkylation sites (N-methyl/N-ethyl adjacent to an activating group) is 1. The van der Waals surface area contributed by atoms with Crippen LogP contribution in [-0.4, -0.2) is 18.5 Å². The Bertz CT molecular complexity index is 665. The van der Waals surface area contributed by atoms with Crippen LogP contribution in [0.15, 0.2) is 42.5 Å². The summed E-state index contributed by atoms with van der Waals surface area (Å²) in [4.78, 5) is 2.37. The normalized spacial score (nSPS) is 18.4. The van der Waals surface area contributed by atoms with Gasteiger partial charge in [-0.25, -0.2) is 0 Å². The molecule has 0 saturated heterocycles. The van der Waals surface area contributed by atoms with Crippen molar-refractivity contribution in [1.29, 1.82) is 5.26 Å². The lowest BCUT2D eigenvalue weighted by molar-refractivity contribution is 0.294. The maximum absolute atomic E-state index is 8.92. The van der Waals surface area contributed by atoms with E-state index in [9.17, 15) is 0 Å². The van der Waals surface area contributed by atoms with E-state index in [1.165, 1.54) is 22.3 Å². The van der Waals surface area contributed by atoms with Crippen LogP contribution in [0, 0.1) is 18.3 Å². The number of hydrogen-bond acceptors (Lipinski definition) is 2. The highest BCUT2D eigenvalue weighted by molar-refractivity contribution is 5.45. The van der Waals surface area contributed by atoms with Crippen LogP contribution in [0.2, 0.25) is 0 Å². The maximum Gasteiger partial charge on any atom is 0.0991 e. The molecule has 20 heavy (non-hydrogen) atoms. The van der Waals surface area contributed by atoms with Crippen LogP contribution in [0.3, 0.4) is 0 Å². The smallest absolute Gasteiger partial charge is 0.0991 e. The highest BCUT2D eigenvalue weighted by atomic mass is 15.1. The monoisotopic (exact) mass is 262 g/mol. The summed E-state index contributed by atoms with van der Waals surface area (Å²) in [6, 6.07) is 16.8. The van der Waals surface area contributed by atoms with Crippen molar-refractivity contribution in [3.8, 4) is 6.07 Å². The van der Waals surface area contributed by atoms with E-state index < -0.39 is 0 Å². The van der Waals surface area contributed by atoms with E-state index in [2.05, 4.69) is 55.3 Å². The SMILES string of the molecule is Cc1cccc2c1CN(C)CC2c1ccc(C#N)cc1. The molecule has 1 atom stereocenters. The van der Waals surface area contributed by atoms with E-state index in [4.69, 9.17) is 5.26 Å². The molecule has 1 unspecified atom stereocenters. The first-order chi connectivity index (χ1) is 9.69. The number of rotatable bonds is 1. The molecule has 2 aromatic carbocycles. The van der Waals surface area contributed by atoms with Crippen molar-refractivity contribution in [1.82, 2.24) is 4.90 Å². The van der Waals surface area contributed by atoms with Crippen molar-refractivity contribution in [2.45, 2.75) is 19.4 Å². The molecule has 100 valence electrons. The van der Waals surface area contributed by atoms with Gasteiger partial charge in [0.05, 0.1) is 11.6 Å². The van der Waals surface area contributed by atoms with Crippen molar-refractivity contribution in [2.24, 2.45) is 0 Å². The number of hydrogen-bond donors (Lipinski definition) is 0. The molecule has 0 aliphatic carbocycles. The largest absolute Gasteiger partial charge is 0.301 e. The van der Waals surface area contributed by atoms with E-state index in [1.807, 2.05) is 12.1 Å². The minimum Gasteiger partial charge on any atom is -0.301 e. The topological polar surface area (TPSA) is 27.0 Å². The molecule has 1 aliphatic heterocycles. The van der Waals surface area contributed by atoms with Gasteiger partial charge in [0.15, 0.2) is 0 Å². The lowest BCUT2D eigenvalue weighted by atomic mass is 9.83. The molecule has 0 N–H and O–H groups in total. The Kier molecular flexibility index (Phi) is 3.30. The van der Waals surface area contributed by atoms with Gasteiger partial charge in [0, 0.05) is 19.0 Å². The van der Waals surface area contributed by atoms with E-state index >= 15 is 0 Å². The van der Waals surface area contributed by atoms with Gasteiger partial charge in [-0.15, -0.1) is 0 Å². The first-order valence-corrected chi connectivity index (χ1v) is 6.96. The van der Waals surface area contributed by atoms with E-state index in [1.54, 1.807) is 0 Å². The summed E-state index contributed by atoms with van der Waals surface area (Å²) >= 11 is 0. The Hall–Kier alpha value is -2.11. The summed E-state index contributed by atoms with van der Waals surface area (Å²) in [5.41, 5.74) is 6.28. The summed E-state index contributed by atoms with van der Waals surface area (Å²) in [7, 11) is 2.17. The molecule has 0 spiro atoms. The molecule has 2 heteroatoms. The van der Waals surface area contributed by atoms with Crippen molar-refractivity contribution in [3.05, 3.63) is 70.3 Å². The van der Waals surface area contributed by atoms with Crippen molar-refractivity contribution >= 4 is 0 Å². The van der Waals surface area contributed by atoms with Crippen molar-refractivity contribution in [2.75, 3.05) is 13.6 Å². The number of benzene rings is 2. The van der Waals surface area contributed by atoms with E-state index in [-0.39, 0.29) is 0 Å². The van der Waals surface area contributed by atoms with Gasteiger partial charge in [0.25, 0.3) is 0 Å². The van der Waals surface area contributed by atoms with Gasteiger partial charge in [-0.3, -0.25) is 0 Å². The zero-order valence-corrected chi connectivity index (χ0v) is 11.9. The second-order valence-electron chi connectivity index (χ2n) is 5.63. The molecule has 0 saturated carbocycles. The van der Waals surface area contributed by atoms with Crippen LogP contribution in [-0.2, 0) is 6.54 Å². The molecule has 1 aliphatic rings. The summed E-state index contributed by atoms with van der Waals surface area (Å²) < 4.78 is 0. The first kappa shape index (κ1) is 12.9. The lowest BCUT2D eigenvalue weighted by Crippen LogP contribution is -2.31. The molecule has 0 bridgehead atoms. The van der Waals surface area contributed by atoms with Gasteiger partial charge in [-0.2, -0.15) is 5.26 Å². The molecule has 2 nitrogen and oxygen atoms in total. The van der Waals surface area contributed by atoms with Gasteiger partial charge in [0.1, 0.15) is 0 Å². The minimum atomic E-state index is 0.399. The lowest BCUT2D eigenvalue weighted by Gasteiger charge is -2.33. The van der Waals surface area contributed by atoms with Gasteiger partial charge in [-0.05, 0) is 48.4 Å². The summed E-state index contributed by atoms with van der Waals surface area (Å²) in [6.45, 7) is 4.24. The number of fused-ring (bicyclic) bond motifs is 1. The molecule has 1 heterocycles. The molecule has 0 fully saturated rings. The Morgan fingerprint density at radius 1 is 1.15 bits per heavy atom. The molecule has 0 aromatic heterocycles. The predicted molar refractivity (Wildman–Crippen MR) is 80.5 cm³/mol. The van der Waals surface area contributed by atoms with Crippen LogP contribution >= 0.6 is 0 Å². The van der Waals surface area contributed by atoms with Gasteiger partial charge < -0.3 is 4.90 Å². The zero-order valence-electron chi connectivity index (χ0n) is 11.9. The maximum atomic E-state index is 8.92.